The Morgan fingerprint density at radius 1 is 1.18 bits per heavy atom. The number of carbonyl (C=O) groups excluding carboxylic acids is 1. The number of hydrogen-bond acceptors (Lipinski definition) is 2. The van der Waals surface area contributed by atoms with Gasteiger partial charge in [-0.3, -0.25) is 4.79 Å². The lowest BCUT2D eigenvalue weighted by atomic mass is 9.76. The van der Waals surface area contributed by atoms with Crippen LogP contribution in [0.5, 0.6) is 0 Å². The Kier molecular flexibility index (Phi) is 2.98. The molecule has 0 spiro atoms. The SMILES string of the molecule is O=C(c1ccccc1C1CCC1)C1CCOC1. The van der Waals surface area contributed by atoms with Gasteiger partial charge in [-0.15, -0.1) is 0 Å². The Labute approximate surface area is 102 Å². The van der Waals surface area contributed by atoms with Gasteiger partial charge in [-0.2, -0.15) is 0 Å². The minimum Gasteiger partial charge on any atom is -0.381 e. The molecule has 2 fully saturated rings. The highest BCUT2D eigenvalue weighted by molar-refractivity contribution is 5.99. The molecule has 2 nitrogen and oxygen atoms in total. The molecule has 0 bridgehead atoms. The van der Waals surface area contributed by atoms with E-state index in [0.717, 1.165) is 18.6 Å². The summed E-state index contributed by atoms with van der Waals surface area (Å²) in [6.45, 7) is 1.35. The molecule has 1 aliphatic carbocycles. The highest BCUT2D eigenvalue weighted by atomic mass is 16.5. The summed E-state index contributed by atoms with van der Waals surface area (Å²) in [5.41, 5.74) is 2.23. The van der Waals surface area contributed by atoms with E-state index in [1.807, 2.05) is 12.1 Å². The Morgan fingerprint density at radius 3 is 2.65 bits per heavy atom. The van der Waals surface area contributed by atoms with Crippen LogP contribution in [-0.2, 0) is 4.74 Å². The molecule has 1 saturated heterocycles. The molecule has 2 aliphatic rings. The van der Waals surface area contributed by atoms with Gasteiger partial charge in [0.25, 0.3) is 0 Å². The Balaban J connectivity index is 1.87. The molecular formula is C15H18O2. The van der Waals surface area contributed by atoms with Crippen LogP contribution in [-0.4, -0.2) is 19.0 Å². The fourth-order valence-corrected chi connectivity index (χ4v) is 2.76. The average molecular weight is 230 g/mol. The number of ether oxygens (including phenoxy) is 1. The standard InChI is InChI=1S/C15H18O2/c16-15(12-8-9-17-10-12)14-7-2-1-6-13(14)11-4-3-5-11/h1-2,6-7,11-12H,3-5,8-10H2. The van der Waals surface area contributed by atoms with Crippen molar-refractivity contribution in [3.63, 3.8) is 0 Å². The highest BCUT2D eigenvalue weighted by Crippen LogP contribution is 2.38. The number of hydrogen-bond donors (Lipinski definition) is 0. The topological polar surface area (TPSA) is 26.3 Å². The van der Waals surface area contributed by atoms with Crippen molar-refractivity contribution in [2.45, 2.75) is 31.6 Å². The molecule has 90 valence electrons. The summed E-state index contributed by atoms with van der Waals surface area (Å²) in [6.07, 6.45) is 4.68. The van der Waals surface area contributed by atoms with Gasteiger partial charge < -0.3 is 4.74 Å². The molecule has 0 radical (unpaired) electrons. The van der Waals surface area contributed by atoms with E-state index in [1.54, 1.807) is 0 Å². The molecule has 0 N–H and O–H groups in total. The van der Waals surface area contributed by atoms with Crippen LogP contribution in [0.15, 0.2) is 24.3 Å². The summed E-state index contributed by atoms with van der Waals surface area (Å²) in [7, 11) is 0. The van der Waals surface area contributed by atoms with Crippen molar-refractivity contribution in [3.8, 4) is 0 Å². The fourth-order valence-electron chi connectivity index (χ4n) is 2.76. The van der Waals surface area contributed by atoms with Gasteiger partial charge in [0.05, 0.1) is 6.61 Å². The lowest BCUT2D eigenvalue weighted by molar-refractivity contribution is 0.0898. The number of benzene rings is 1. The van der Waals surface area contributed by atoms with Crippen LogP contribution in [0, 0.1) is 5.92 Å². The molecule has 1 heterocycles. The maximum absolute atomic E-state index is 12.4. The normalized spacial score (nSPS) is 24.6. The first-order valence-electron chi connectivity index (χ1n) is 6.57. The Morgan fingerprint density at radius 2 is 2.00 bits per heavy atom. The molecular weight excluding hydrogens is 212 g/mol. The zero-order chi connectivity index (χ0) is 11.7. The van der Waals surface area contributed by atoms with Gasteiger partial charge in [0, 0.05) is 18.1 Å². The lowest BCUT2D eigenvalue weighted by Crippen LogP contribution is -2.19. The van der Waals surface area contributed by atoms with Crippen molar-refractivity contribution in [1.29, 1.82) is 0 Å². The van der Waals surface area contributed by atoms with Crippen molar-refractivity contribution in [2.75, 3.05) is 13.2 Å². The molecule has 1 aromatic rings. The van der Waals surface area contributed by atoms with Crippen LogP contribution in [0.3, 0.4) is 0 Å². The largest absolute Gasteiger partial charge is 0.381 e. The summed E-state index contributed by atoms with van der Waals surface area (Å²) < 4.78 is 5.32. The average Bonchev–Trinajstić information content (AvgIpc) is 2.80. The van der Waals surface area contributed by atoms with Gasteiger partial charge in [-0.1, -0.05) is 30.7 Å². The van der Waals surface area contributed by atoms with Gasteiger partial charge in [0.2, 0.25) is 0 Å². The maximum Gasteiger partial charge on any atom is 0.168 e. The van der Waals surface area contributed by atoms with Gasteiger partial charge >= 0.3 is 0 Å². The number of ketones is 1. The lowest BCUT2D eigenvalue weighted by Gasteiger charge is -2.28. The molecule has 1 atom stereocenters. The molecule has 3 rings (SSSR count). The van der Waals surface area contributed by atoms with Gasteiger partial charge in [0.15, 0.2) is 5.78 Å². The Bertz CT molecular complexity index is 415. The van der Waals surface area contributed by atoms with Crippen LogP contribution < -0.4 is 0 Å². The first kappa shape index (κ1) is 11.0. The van der Waals surface area contributed by atoms with Gasteiger partial charge in [-0.25, -0.2) is 0 Å². The summed E-state index contributed by atoms with van der Waals surface area (Å²) >= 11 is 0. The third-order valence-electron chi connectivity index (χ3n) is 4.07. The second-order valence-electron chi connectivity index (χ2n) is 5.14. The smallest absolute Gasteiger partial charge is 0.168 e. The fraction of sp³-hybridized carbons (Fsp3) is 0.533. The predicted octanol–water partition coefficient (Wildman–Crippen LogP) is 3.17. The zero-order valence-electron chi connectivity index (χ0n) is 10.0. The third-order valence-corrected chi connectivity index (χ3v) is 4.07. The molecule has 17 heavy (non-hydrogen) atoms. The van der Waals surface area contributed by atoms with E-state index in [-0.39, 0.29) is 5.92 Å². The summed E-state index contributed by atoms with van der Waals surface area (Å²) in [4.78, 5) is 12.4. The second kappa shape index (κ2) is 4.61. The third kappa shape index (κ3) is 2.02. The first-order chi connectivity index (χ1) is 8.36. The minimum atomic E-state index is 0.0937. The van der Waals surface area contributed by atoms with E-state index in [0.29, 0.717) is 18.3 Å². The maximum atomic E-state index is 12.4. The van der Waals surface area contributed by atoms with Crippen molar-refractivity contribution in [1.82, 2.24) is 0 Å². The molecule has 1 unspecified atom stereocenters. The van der Waals surface area contributed by atoms with Gasteiger partial charge in [-0.05, 0) is 30.7 Å². The molecule has 1 aromatic carbocycles. The summed E-state index contributed by atoms with van der Waals surface area (Å²) in [5, 5.41) is 0. The highest BCUT2D eigenvalue weighted by Gasteiger charge is 2.29. The Hall–Kier alpha value is -1.15. The van der Waals surface area contributed by atoms with Crippen molar-refractivity contribution in [2.24, 2.45) is 5.92 Å². The van der Waals surface area contributed by atoms with E-state index in [2.05, 4.69) is 12.1 Å². The summed E-state index contributed by atoms with van der Waals surface area (Å²) in [6, 6.07) is 8.15. The van der Waals surface area contributed by atoms with Crippen LogP contribution in [0.25, 0.3) is 0 Å². The monoisotopic (exact) mass is 230 g/mol. The van der Waals surface area contributed by atoms with E-state index in [4.69, 9.17) is 4.74 Å². The van der Waals surface area contributed by atoms with Crippen LogP contribution in [0.4, 0.5) is 0 Å². The van der Waals surface area contributed by atoms with Crippen LogP contribution in [0.2, 0.25) is 0 Å². The van der Waals surface area contributed by atoms with Crippen LogP contribution >= 0.6 is 0 Å². The van der Waals surface area contributed by atoms with E-state index in [1.165, 1.54) is 24.8 Å². The first-order valence-corrected chi connectivity index (χ1v) is 6.57. The minimum absolute atomic E-state index is 0.0937. The predicted molar refractivity (Wildman–Crippen MR) is 66.3 cm³/mol. The van der Waals surface area contributed by atoms with E-state index >= 15 is 0 Å². The molecule has 0 amide bonds. The van der Waals surface area contributed by atoms with Crippen molar-refractivity contribution < 1.29 is 9.53 Å². The number of rotatable bonds is 3. The second-order valence-corrected chi connectivity index (χ2v) is 5.14. The number of Topliss-reactive ketones (excluding diaryl/α,β-unsaturated/α-hetero) is 1. The van der Waals surface area contributed by atoms with E-state index < -0.39 is 0 Å². The summed E-state index contributed by atoms with van der Waals surface area (Å²) in [5.74, 6) is 1.01. The quantitative estimate of drug-likeness (QED) is 0.745. The zero-order valence-corrected chi connectivity index (χ0v) is 10.0. The molecule has 2 heteroatoms. The number of carbonyl (C=O) groups is 1. The van der Waals surface area contributed by atoms with Crippen molar-refractivity contribution in [3.05, 3.63) is 35.4 Å². The van der Waals surface area contributed by atoms with Crippen LogP contribution in [0.1, 0.15) is 47.5 Å². The molecule has 1 saturated carbocycles. The van der Waals surface area contributed by atoms with Gasteiger partial charge in [0.1, 0.15) is 0 Å². The molecule has 1 aliphatic heterocycles. The van der Waals surface area contributed by atoms with Crippen molar-refractivity contribution >= 4 is 5.78 Å². The van der Waals surface area contributed by atoms with E-state index in [9.17, 15) is 4.79 Å². The molecule has 0 aromatic heterocycles.